The molecule has 3 saturated heterocycles. The average Bonchev–Trinajstić information content (AvgIpc) is 2.47. The molecule has 0 spiro atoms. The van der Waals surface area contributed by atoms with E-state index in [-0.39, 0.29) is 0 Å². The van der Waals surface area contributed by atoms with Crippen molar-refractivity contribution in [3.63, 3.8) is 0 Å². The van der Waals surface area contributed by atoms with Crippen LogP contribution in [0.15, 0.2) is 0 Å². The maximum Gasteiger partial charge on any atom is 0.0351 e. The summed E-state index contributed by atoms with van der Waals surface area (Å²) in [7, 11) is 2.28. The van der Waals surface area contributed by atoms with Crippen LogP contribution in [0.5, 0.6) is 0 Å². The van der Waals surface area contributed by atoms with Crippen molar-refractivity contribution in [2.24, 2.45) is 5.92 Å². The van der Waals surface area contributed by atoms with Gasteiger partial charge in [0.2, 0.25) is 0 Å². The van der Waals surface area contributed by atoms with Crippen molar-refractivity contribution < 1.29 is 0 Å². The second-order valence-corrected chi connectivity index (χ2v) is 7.78. The van der Waals surface area contributed by atoms with Crippen LogP contribution in [0.4, 0.5) is 0 Å². The van der Waals surface area contributed by atoms with Crippen molar-refractivity contribution >= 4 is 0 Å². The van der Waals surface area contributed by atoms with Crippen LogP contribution < -0.4 is 0 Å². The molecular weight excluding hydrogens is 260 g/mol. The second kappa shape index (κ2) is 6.95. The van der Waals surface area contributed by atoms with Gasteiger partial charge in [-0.1, -0.05) is 0 Å². The van der Waals surface area contributed by atoms with Crippen LogP contribution in [0, 0.1) is 5.92 Å². The molecule has 21 heavy (non-hydrogen) atoms. The summed E-state index contributed by atoms with van der Waals surface area (Å²) in [5.74, 6) is 0.938. The fraction of sp³-hybridized carbons (Fsp3) is 1.00. The van der Waals surface area contributed by atoms with Crippen LogP contribution in [0.25, 0.3) is 0 Å². The van der Waals surface area contributed by atoms with Gasteiger partial charge in [-0.05, 0) is 52.7 Å². The van der Waals surface area contributed by atoms with E-state index < -0.39 is 0 Å². The summed E-state index contributed by atoms with van der Waals surface area (Å²) in [6.07, 6.45) is 2.81. The van der Waals surface area contributed by atoms with E-state index in [1.807, 2.05) is 0 Å². The molecule has 3 rings (SSSR count). The van der Waals surface area contributed by atoms with Gasteiger partial charge in [0.15, 0.2) is 0 Å². The highest BCUT2D eigenvalue weighted by molar-refractivity contribution is 4.89. The molecule has 3 aliphatic rings. The van der Waals surface area contributed by atoms with E-state index in [9.17, 15) is 0 Å². The summed E-state index contributed by atoms with van der Waals surface area (Å²) in [5.41, 5.74) is 0. The first-order chi connectivity index (χ1) is 10.1. The van der Waals surface area contributed by atoms with Crippen LogP contribution in [-0.4, -0.2) is 97.6 Å². The van der Waals surface area contributed by atoms with E-state index in [0.717, 1.165) is 18.0 Å². The van der Waals surface area contributed by atoms with Gasteiger partial charge in [0.25, 0.3) is 0 Å². The maximum atomic E-state index is 2.76. The lowest BCUT2D eigenvalue weighted by atomic mass is 9.94. The first-order valence-corrected chi connectivity index (χ1v) is 9.01. The first kappa shape index (κ1) is 15.7. The van der Waals surface area contributed by atoms with E-state index in [1.54, 1.807) is 0 Å². The number of hydrogen-bond donors (Lipinski definition) is 0. The third-order valence-electron chi connectivity index (χ3n) is 5.88. The number of rotatable bonds is 3. The summed E-state index contributed by atoms with van der Waals surface area (Å²) >= 11 is 0. The molecule has 1 unspecified atom stereocenters. The zero-order chi connectivity index (χ0) is 14.8. The Morgan fingerprint density at radius 2 is 1.62 bits per heavy atom. The first-order valence-electron chi connectivity index (χ1n) is 9.01. The quantitative estimate of drug-likeness (QED) is 0.771. The van der Waals surface area contributed by atoms with Crippen LogP contribution >= 0.6 is 0 Å². The molecule has 0 saturated carbocycles. The molecule has 0 aromatic rings. The van der Waals surface area contributed by atoms with Gasteiger partial charge in [0, 0.05) is 57.9 Å². The number of fused-ring (bicyclic) bond motifs is 1. The topological polar surface area (TPSA) is 13.0 Å². The minimum Gasteiger partial charge on any atom is -0.303 e. The van der Waals surface area contributed by atoms with E-state index >= 15 is 0 Å². The van der Waals surface area contributed by atoms with Gasteiger partial charge in [-0.2, -0.15) is 0 Å². The van der Waals surface area contributed by atoms with E-state index in [4.69, 9.17) is 0 Å². The van der Waals surface area contributed by atoms with Crippen molar-refractivity contribution in [2.45, 2.75) is 38.8 Å². The number of piperidine rings is 1. The fourth-order valence-corrected chi connectivity index (χ4v) is 4.36. The van der Waals surface area contributed by atoms with Gasteiger partial charge < -0.3 is 14.7 Å². The Hall–Kier alpha value is -0.160. The molecule has 1 atom stereocenters. The van der Waals surface area contributed by atoms with Crippen molar-refractivity contribution in [1.82, 2.24) is 19.6 Å². The molecule has 122 valence electrons. The molecule has 4 heteroatoms. The Kier molecular flexibility index (Phi) is 5.20. The fourth-order valence-electron chi connectivity index (χ4n) is 4.36. The predicted molar refractivity (Wildman–Crippen MR) is 88.7 cm³/mol. The molecule has 0 amide bonds. The molecule has 0 N–H and O–H groups in total. The zero-order valence-electron chi connectivity index (χ0n) is 14.3. The van der Waals surface area contributed by atoms with Crippen molar-refractivity contribution in [1.29, 1.82) is 0 Å². The summed E-state index contributed by atoms with van der Waals surface area (Å²) in [4.78, 5) is 10.6. The standard InChI is InChI=1S/C17H34N4/c1-15(2)20-6-4-16(5-7-20)12-19-9-11-21-10-8-18(3)13-17(21)14-19/h15-17H,4-14H2,1-3H3. The molecule has 3 fully saturated rings. The average molecular weight is 294 g/mol. The van der Waals surface area contributed by atoms with Crippen LogP contribution in [-0.2, 0) is 0 Å². The van der Waals surface area contributed by atoms with Gasteiger partial charge in [0.1, 0.15) is 0 Å². The predicted octanol–water partition coefficient (Wildman–Crippen LogP) is 1.04. The molecule has 0 radical (unpaired) electrons. The largest absolute Gasteiger partial charge is 0.303 e. The number of likely N-dealkylation sites (N-methyl/N-ethyl adjacent to an activating group) is 1. The number of hydrogen-bond acceptors (Lipinski definition) is 4. The van der Waals surface area contributed by atoms with Crippen LogP contribution in [0.3, 0.4) is 0 Å². The monoisotopic (exact) mass is 294 g/mol. The molecule has 4 nitrogen and oxygen atoms in total. The highest BCUT2D eigenvalue weighted by Crippen LogP contribution is 2.22. The van der Waals surface area contributed by atoms with Gasteiger partial charge >= 0.3 is 0 Å². The SMILES string of the molecule is CC(C)N1CCC(CN2CCN3CCN(C)CC3C2)CC1. The minimum absolute atomic E-state index is 0.729. The van der Waals surface area contributed by atoms with Crippen LogP contribution in [0.2, 0.25) is 0 Å². The van der Waals surface area contributed by atoms with Gasteiger partial charge in [-0.3, -0.25) is 4.90 Å². The molecular formula is C17H34N4. The Morgan fingerprint density at radius 1 is 0.905 bits per heavy atom. The number of nitrogens with zero attached hydrogens (tertiary/aromatic N) is 4. The highest BCUT2D eigenvalue weighted by atomic mass is 15.3. The Morgan fingerprint density at radius 3 is 2.33 bits per heavy atom. The van der Waals surface area contributed by atoms with Gasteiger partial charge in [0.05, 0.1) is 0 Å². The smallest absolute Gasteiger partial charge is 0.0351 e. The lowest BCUT2D eigenvalue weighted by Crippen LogP contribution is -2.61. The Balaban J connectivity index is 1.44. The number of piperazine rings is 2. The third kappa shape index (κ3) is 3.98. The maximum absolute atomic E-state index is 2.76. The molecule has 0 aromatic heterocycles. The summed E-state index contributed by atoms with van der Waals surface area (Å²) < 4.78 is 0. The van der Waals surface area contributed by atoms with Crippen molar-refractivity contribution in [3.8, 4) is 0 Å². The molecule has 3 heterocycles. The zero-order valence-corrected chi connectivity index (χ0v) is 14.3. The van der Waals surface area contributed by atoms with Gasteiger partial charge in [-0.25, -0.2) is 0 Å². The minimum atomic E-state index is 0.729. The normalized spacial score (nSPS) is 31.7. The lowest BCUT2D eigenvalue weighted by Gasteiger charge is -2.47. The van der Waals surface area contributed by atoms with Crippen molar-refractivity contribution in [2.75, 3.05) is 66.0 Å². The summed E-state index contributed by atoms with van der Waals surface area (Å²) in [5, 5.41) is 0. The summed E-state index contributed by atoms with van der Waals surface area (Å²) in [6, 6.07) is 1.51. The van der Waals surface area contributed by atoms with E-state index in [0.29, 0.717) is 0 Å². The summed E-state index contributed by atoms with van der Waals surface area (Å²) in [6.45, 7) is 16.3. The van der Waals surface area contributed by atoms with E-state index in [2.05, 4.69) is 40.5 Å². The molecule has 3 aliphatic heterocycles. The van der Waals surface area contributed by atoms with Crippen LogP contribution in [0.1, 0.15) is 26.7 Å². The molecule has 0 bridgehead atoms. The molecule has 0 aliphatic carbocycles. The van der Waals surface area contributed by atoms with Crippen molar-refractivity contribution in [3.05, 3.63) is 0 Å². The Labute approximate surface area is 131 Å². The lowest BCUT2D eigenvalue weighted by molar-refractivity contribution is 0.00992. The van der Waals surface area contributed by atoms with E-state index in [1.165, 1.54) is 71.7 Å². The number of likely N-dealkylation sites (tertiary alicyclic amines) is 1. The Bertz CT molecular complexity index is 325. The van der Waals surface area contributed by atoms with Gasteiger partial charge in [-0.15, -0.1) is 0 Å². The second-order valence-electron chi connectivity index (χ2n) is 7.78. The third-order valence-corrected chi connectivity index (χ3v) is 5.88. The molecule has 0 aromatic carbocycles. The highest BCUT2D eigenvalue weighted by Gasteiger charge is 2.32.